The van der Waals surface area contributed by atoms with E-state index >= 15 is 0 Å². The van der Waals surface area contributed by atoms with Gasteiger partial charge in [-0.05, 0) is 56.8 Å². The molecule has 0 unspecified atom stereocenters. The number of hydrogen-bond donors (Lipinski definition) is 2. The van der Waals surface area contributed by atoms with Crippen LogP contribution >= 0.6 is 0 Å². The first-order valence-electron chi connectivity index (χ1n) is 8.88. The summed E-state index contributed by atoms with van der Waals surface area (Å²) in [7, 11) is 0. The number of carbonyl (C=O) groups is 1. The largest absolute Gasteiger partial charge is 0.384 e. The van der Waals surface area contributed by atoms with Gasteiger partial charge < -0.3 is 15.9 Å². The molecule has 0 saturated heterocycles. The number of rotatable bonds is 6. The van der Waals surface area contributed by atoms with E-state index in [0.717, 1.165) is 24.7 Å². The molecule has 0 spiro atoms. The molecule has 3 aliphatic rings. The zero-order chi connectivity index (χ0) is 15.5. The van der Waals surface area contributed by atoms with Crippen molar-refractivity contribution >= 4 is 11.7 Å². The fourth-order valence-electron chi connectivity index (χ4n) is 4.77. The molecule has 124 valence electrons. The number of nitrogens with two attached hydrogens (primary N) is 1. The van der Waals surface area contributed by atoms with E-state index in [1.54, 1.807) is 0 Å². The molecule has 0 aromatic heterocycles. The van der Waals surface area contributed by atoms with Crippen molar-refractivity contribution in [3.63, 3.8) is 0 Å². The van der Waals surface area contributed by atoms with Crippen LogP contribution in [0.2, 0.25) is 0 Å². The molecule has 0 radical (unpaired) electrons. The standard InChI is InChI=1S/C17H29N3O2/c1-11(15-9-12-6-7-14(15)8-12)19-16(21)10-22-20-17(18)13-4-2-3-5-13/h11-15H,2-10H2,1H3,(H2,18,20)(H,19,21)/t11-,12-,14-,15+/m0/s1. The van der Waals surface area contributed by atoms with Crippen LogP contribution in [0.1, 0.15) is 58.3 Å². The molecule has 3 fully saturated rings. The lowest BCUT2D eigenvalue weighted by atomic mass is 9.84. The molecule has 3 rings (SSSR count). The van der Waals surface area contributed by atoms with Gasteiger partial charge in [-0.25, -0.2) is 0 Å². The zero-order valence-corrected chi connectivity index (χ0v) is 13.6. The smallest absolute Gasteiger partial charge is 0.260 e. The Labute approximate surface area is 133 Å². The minimum absolute atomic E-state index is 0.0292. The Bertz CT molecular complexity index is 432. The van der Waals surface area contributed by atoms with Crippen LogP contribution in [0.15, 0.2) is 5.16 Å². The van der Waals surface area contributed by atoms with Gasteiger partial charge in [0.15, 0.2) is 6.61 Å². The summed E-state index contributed by atoms with van der Waals surface area (Å²) in [5.41, 5.74) is 5.90. The summed E-state index contributed by atoms with van der Waals surface area (Å²) in [4.78, 5) is 17.1. The molecular formula is C17H29N3O2. The summed E-state index contributed by atoms with van der Waals surface area (Å²) in [6.45, 7) is 2.10. The molecular weight excluding hydrogens is 278 g/mol. The van der Waals surface area contributed by atoms with Gasteiger partial charge in [-0.2, -0.15) is 0 Å². The zero-order valence-electron chi connectivity index (χ0n) is 13.6. The SMILES string of the molecule is C[C@H](NC(=O)CON=C(N)C1CCCC1)[C@H]1C[C@H]2CC[C@H]1C2. The first-order valence-corrected chi connectivity index (χ1v) is 8.88. The molecule has 0 aliphatic heterocycles. The number of carbonyl (C=O) groups excluding carboxylic acids is 1. The second kappa shape index (κ2) is 6.88. The first-order chi connectivity index (χ1) is 10.6. The number of nitrogens with one attached hydrogen (secondary N) is 1. The molecule has 5 heteroatoms. The number of amidine groups is 1. The molecule has 4 atom stereocenters. The monoisotopic (exact) mass is 307 g/mol. The van der Waals surface area contributed by atoms with Crippen LogP contribution in [0, 0.1) is 23.7 Å². The van der Waals surface area contributed by atoms with E-state index < -0.39 is 0 Å². The normalized spacial score (nSPS) is 33.1. The molecule has 3 aliphatic carbocycles. The maximum Gasteiger partial charge on any atom is 0.260 e. The quantitative estimate of drug-likeness (QED) is 0.449. The van der Waals surface area contributed by atoms with Crippen molar-refractivity contribution in [1.29, 1.82) is 0 Å². The number of oxime groups is 1. The van der Waals surface area contributed by atoms with Crippen molar-refractivity contribution in [2.75, 3.05) is 6.61 Å². The van der Waals surface area contributed by atoms with E-state index in [1.165, 1.54) is 38.5 Å². The van der Waals surface area contributed by atoms with Crippen LogP contribution in [-0.2, 0) is 9.63 Å². The number of amides is 1. The molecule has 3 N–H and O–H groups in total. The summed E-state index contributed by atoms with van der Waals surface area (Å²) in [6.07, 6.45) is 9.97. The highest BCUT2D eigenvalue weighted by molar-refractivity contribution is 5.82. The maximum atomic E-state index is 12.0. The third-order valence-corrected chi connectivity index (χ3v) is 5.96. The van der Waals surface area contributed by atoms with Crippen molar-refractivity contribution < 1.29 is 9.63 Å². The average molecular weight is 307 g/mol. The van der Waals surface area contributed by atoms with Crippen molar-refractivity contribution in [3.05, 3.63) is 0 Å². The van der Waals surface area contributed by atoms with Crippen molar-refractivity contribution in [2.24, 2.45) is 34.6 Å². The van der Waals surface area contributed by atoms with Gasteiger partial charge >= 0.3 is 0 Å². The summed E-state index contributed by atoms with van der Waals surface area (Å²) < 4.78 is 0. The van der Waals surface area contributed by atoms with E-state index in [-0.39, 0.29) is 18.6 Å². The van der Waals surface area contributed by atoms with Crippen LogP contribution in [0.3, 0.4) is 0 Å². The number of hydrogen-bond acceptors (Lipinski definition) is 3. The van der Waals surface area contributed by atoms with Crippen LogP contribution in [0.25, 0.3) is 0 Å². The fourth-order valence-corrected chi connectivity index (χ4v) is 4.77. The molecule has 22 heavy (non-hydrogen) atoms. The second-order valence-corrected chi connectivity index (χ2v) is 7.47. The number of nitrogens with zero attached hydrogens (tertiary/aromatic N) is 1. The van der Waals surface area contributed by atoms with Crippen molar-refractivity contribution in [3.8, 4) is 0 Å². The molecule has 1 amide bonds. The third kappa shape index (κ3) is 3.55. The van der Waals surface area contributed by atoms with Gasteiger partial charge in [0.05, 0.1) is 0 Å². The third-order valence-electron chi connectivity index (χ3n) is 5.96. The Morgan fingerprint density at radius 3 is 2.68 bits per heavy atom. The lowest BCUT2D eigenvalue weighted by Gasteiger charge is -2.28. The van der Waals surface area contributed by atoms with Gasteiger partial charge in [-0.1, -0.05) is 24.4 Å². The van der Waals surface area contributed by atoms with Crippen LogP contribution in [0.4, 0.5) is 0 Å². The summed E-state index contributed by atoms with van der Waals surface area (Å²) in [6, 6.07) is 0.238. The molecule has 0 aromatic carbocycles. The van der Waals surface area contributed by atoms with E-state index in [4.69, 9.17) is 10.6 Å². The lowest BCUT2D eigenvalue weighted by molar-refractivity contribution is -0.126. The molecule has 2 bridgehead atoms. The van der Waals surface area contributed by atoms with Gasteiger partial charge in [-0.15, -0.1) is 0 Å². The van der Waals surface area contributed by atoms with E-state index in [2.05, 4.69) is 17.4 Å². The summed E-state index contributed by atoms with van der Waals surface area (Å²) in [5.74, 6) is 3.18. The van der Waals surface area contributed by atoms with Crippen molar-refractivity contribution in [1.82, 2.24) is 5.32 Å². The highest BCUT2D eigenvalue weighted by atomic mass is 16.6. The highest BCUT2D eigenvalue weighted by Gasteiger charge is 2.42. The van der Waals surface area contributed by atoms with Gasteiger partial charge in [0, 0.05) is 12.0 Å². The van der Waals surface area contributed by atoms with E-state index in [9.17, 15) is 4.79 Å². The molecule has 0 aromatic rings. The van der Waals surface area contributed by atoms with Crippen LogP contribution in [-0.4, -0.2) is 24.4 Å². The average Bonchev–Trinajstić information content (AvgIpc) is 3.23. The topological polar surface area (TPSA) is 76.7 Å². The predicted molar refractivity (Wildman–Crippen MR) is 86.1 cm³/mol. The Hall–Kier alpha value is -1.26. The van der Waals surface area contributed by atoms with Crippen LogP contribution < -0.4 is 11.1 Å². The van der Waals surface area contributed by atoms with E-state index in [0.29, 0.717) is 17.7 Å². The lowest BCUT2D eigenvalue weighted by Crippen LogP contribution is -2.41. The minimum Gasteiger partial charge on any atom is -0.384 e. The Morgan fingerprint density at radius 2 is 2.05 bits per heavy atom. The predicted octanol–water partition coefficient (Wildman–Crippen LogP) is 2.41. The Balaban J connectivity index is 1.38. The van der Waals surface area contributed by atoms with Gasteiger partial charge in [0.2, 0.25) is 0 Å². The van der Waals surface area contributed by atoms with Gasteiger partial charge in [0.1, 0.15) is 5.84 Å². The Kier molecular flexibility index (Phi) is 4.89. The molecule has 3 saturated carbocycles. The Morgan fingerprint density at radius 1 is 1.27 bits per heavy atom. The van der Waals surface area contributed by atoms with Crippen molar-refractivity contribution in [2.45, 2.75) is 64.3 Å². The van der Waals surface area contributed by atoms with Crippen LogP contribution in [0.5, 0.6) is 0 Å². The van der Waals surface area contributed by atoms with E-state index in [1.807, 2.05) is 0 Å². The second-order valence-electron chi connectivity index (χ2n) is 7.47. The minimum atomic E-state index is -0.0850. The van der Waals surface area contributed by atoms with Gasteiger partial charge in [-0.3, -0.25) is 4.79 Å². The summed E-state index contributed by atoms with van der Waals surface area (Å²) >= 11 is 0. The first kappa shape index (κ1) is 15.6. The molecule has 5 nitrogen and oxygen atoms in total. The fraction of sp³-hybridized carbons (Fsp3) is 0.882. The summed E-state index contributed by atoms with van der Waals surface area (Å²) in [5, 5.41) is 7.00. The maximum absolute atomic E-state index is 12.0. The van der Waals surface area contributed by atoms with Gasteiger partial charge in [0.25, 0.3) is 5.91 Å². The molecule has 0 heterocycles. The number of fused-ring (bicyclic) bond motifs is 2. The highest BCUT2D eigenvalue weighted by Crippen LogP contribution is 2.49.